The van der Waals surface area contributed by atoms with Crippen molar-refractivity contribution in [1.82, 2.24) is 0 Å². The lowest BCUT2D eigenvalue weighted by atomic mass is 10.0. The summed E-state index contributed by atoms with van der Waals surface area (Å²) in [6, 6.07) is 0. The molecule has 0 aliphatic rings. The zero-order chi connectivity index (χ0) is 43.9. The second-order valence-electron chi connectivity index (χ2n) is 17.3. The number of aliphatic hydroxyl groups excluding tert-OH is 2. The molecule has 0 bridgehead atoms. The Kier molecular flexibility index (Phi) is 30.4. The number of allylic oxidation sites excluding steroid dienone is 1. The van der Waals surface area contributed by atoms with E-state index in [1.54, 1.807) is 0 Å². The summed E-state index contributed by atoms with van der Waals surface area (Å²) in [5.41, 5.74) is 2.61. The highest BCUT2D eigenvalue weighted by atomic mass is 31.2. The zero-order valence-electron chi connectivity index (χ0n) is 38.1. The minimum absolute atomic E-state index is 0.0646. The maximum absolute atomic E-state index is 12.7. The number of carbonyl (C=O) groups excluding carboxylic acids is 2. The minimum Gasteiger partial charge on any atom is -0.756 e. The van der Waals surface area contributed by atoms with Crippen LogP contribution in [0.15, 0.2) is 16.6 Å². The van der Waals surface area contributed by atoms with E-state index in [4.69, 9.17) is 22.9 Å². The minimum atomic E-state index is -4.68. The van der Waals surface area contributed by atoms with Gasteiger partial charge in [-0.2, -0.15) is 0 Å². The Hall–Kier alpha value is -2.05. The quantitative estimate of drug-likeness (QED) is 0.0214. The Labute approximate surface area is 358 Å². The number of unbranched alkanes of at least 4 members (excludes halogenated alkanes) is 14. The first-order valence-corrected chi connectivity index (χ1v) is 24.4. The molecule has 1 unspecified atom stereocenters. The monoisotopic (exact) mass is 858 g/mol. The molecule has 12 nitrogen and oxygen atoms in total. The predicted molar refractivity (Wildman–Crippen MR) is 233 cm³/mol. The number of aryl methyl sites for hydroxylation is 2. The summed E-state index contributed by atoms with van der Waals surface area (Å²) in [5.74, 6) is 1.31. The third kappa shape index (κ3) is 29.0. The highest BCUT2D eigenvalue weighted by Gasteiger charge is 2.22. The Balaban J connectivity index is 2.37. The zero-order valence-corrected chi connectivity index (χ0v) is 39.0. The smallest absolute Gasteiger partial charge is 0.306 e. The van der Waals surface area contributed by atoms with E-state index in [0.29, 0.717) is 36.7 Å². The fourth-order valence-corrected chi connectivity index (χ4v) is 7.39. The van der Waals surface area contributed by atoms with Crippen molar-refractivity contribution in [3.8, 4) is 0 Å². The van der Waals surface area contributed by atoms with Crippen molar-refractivity contribution in [2.24, 2.45) is 0 Å². The lowest BCUT2D eigenvalue weighted by Gasteiger charge is -2.28. The number of hydrogen-bond donors (Lipinski definition) is 2. The van der Waals surface area contributed by atoms with E-state index in [1.165, 1.54) is 36.8 Å². The summed E-state index contributed by atoms with van der Waals surface area (Å²) in [5, 5.41) is 20.5. The number of nitrogens with zero attached hydrogens (tertiary/aromatic N) is 1. The highest BCUT2D eigenvalue weighted by Crippen LogP contribution is 2.38. The van der Waals surface area contributed by atoms with Gasteiger partial charge in [-0.1, -0.05) is 103 Å². The molecule has 1 rings (SSSR count). The average molecular weight is 858 g/mol. The first-order chi connectivity index (χ1) is 28.1. The molecule has 2 N–H and O–H groups in total. The molecule has 0 aliphatic heterocycles. The molecule has 0 fully saturated rings. The number of phosphoric ester groups is 1. The van der Waals surface area contributed by atoms with Crippen molar-refractivity contribution < 1.29 is 56.7 Å². The van der Waals surface area contributed by atoms with E-state index in [-0.39, 0.29) is 26.1 Å². The molecule has 344 valence electrons. The van der Waals surface area contributed by atoms with E-state index in [9.17, 15) is 29.3 Å². The summed E-state index contributed by atoms with van der Waals surface area (Å²) in [6.45, 7) is 8.20. The Morgan fingerprint density at radius 3 is 1.90 bits per heavy atom. The SMILES string of the molecule is CCCCC/C=C\C[C@H](O)[C@@H](O)CCCCCCCC(=O)O[C@H](COC(=O)CCCCCCCCCCc1oc(CCC)c(C)c1C)COP(=O)([O-])OCC[N+](C)(C)C. The largest absolute Gasteiger partial charge is 0.756 e. The number of likely N-dealkylation sites (N-methyl/N-ethyl adjacent to an activating group) is 1. The van der Waals surface area contributed by atoms with Crippen LogP contribution in [0.3, 0.4) is 0 Å². The number of furan rings is 1. The van der Waals surface area contributed by atoms with Gasteiger partial charge in [0, 0.05) is 25.7 Å². The molecule has 0 saturated heterocycles. The fourth-order valence-electron chi connectivity index (χ4n) is 6.67. The summed E-state index contributed by atoms with van der Waals surface area (Å²) in [6.07, 6.45) is 22.5. The van der Waals surface area contributed by atoms with Gasteiger partial charge in [-0.05, 0) is 76.3 Å². The van der Waals surface area contributed by atoms with Crippen molar-refractivity contribution >= 4 is 19.8 Å². The number of hydrogen-bond acceptors (Lipinski definition) is 11. The highest BCUT2D eigenvalue weighted by molar-refractivity contribution is 7.45. The standard InChI is InChI=1S/C46H84NO11P/c1-8-10-11-12-18-23-29-41(48)42(49)30-24-19-17-22-27-33-46(51)57-40(37-56-59(52,53)55-35-34-47(5,6)7)36-54-45(50)32-26-21-16-14-13-15-20-25-31-44-39(4)38(3)43(58-44)28-9-2/h18,23,40-42,48-49H,8-17,19-22,24-37H2,1-7H3/b23-18-/t40-,41+,42+/m1/s1. The van der Waals surface area contributed by atoms with Gasteiger partial charge in [-0.25, -0.2) is 0 Å². The fraction of sp³-hybridized carbons (Fsp3) is 0.826. The van der Waals surface area contributed by atoms with Crippen LogP contribution in [-0.4, -0.2) is 92.5 Å². The van der Waals surface area contributed by atoms with Gasteiger partial charge in [0.15, 0.2) is 6.10 Å². The molecule has 13 heteroatoms. The van der Waals surface area contributed by atoms with Crippen LogP contribution in [-0.2, 0) is 45.5 Å². The lowest BCUT2D eigenvalue weighted by molar-refractivity contribution is -0.870. The van der Waals surface area contributed by atoms with Crippen LogP contribution in [0.1, 0.15) is 178 Å². The molecule has 4 atom stereocenters. The average Bonchev–Trinajstić information content (AvgIpc) is 3.44. The molecular weight excluding hydrogens is 773 g/mol. The van der Waals surface area contributed by atoms with Gasteiger partial charge >= 0.3 is 11.9 Å². The van der Waals surface area contributed by atoms with E-state index in [1.807, 2.05) is 27.2 Å². The first kappa shape index (κ1) is 55.0. The predicted octanol–water partition coefficient (Wildman–Crippen LogP) is 9.54. The number of quaternary nitrogens is 1. The van der Waals surface area contributed by atoms with Crippen molar-refractivity contribution in [3.63, 3.8) is 0 Å². The lowest BCUT2D eigenvalue weighted by Crippen LogP contribution is -2.37. The van der Waals surface area contributed by atoms with Crippen LogP contribution in [0.4, 0.5) is 0 Å². The molecule has 0 aliphatic carbocycles. The van der Waals surface area contributed by atoms with Gasteiger partial charge in [0.25, 0.3) is 7.82 Å². The van der Waals surface area contributed by atoms with Crippen molar-refractivity contribution in [1.29, 1.82) is 0 Å². The summed E-state index contributed by atoms with van der Waals surface area (Å²) < 4.78 is 40.0. The molecule has 1 heterocycles. The molecule has 0 saturated carbocycles. The van der Waals surface area contributed by atoms with Crippen LogP contribution in [0, 0.1) is 13.8 Å². The normalized spacial score (nSPS) is 14.7. The van der Waals surface area contributed by atoms with Crippen LogP contribution in [0.5, 0.6) is 0 Å². The Morgan fingerprint density at radius 2 is 1.29 bits per heavy atom. The maximum Gasteiger partial charge on any atom is 0.306 e. The third-order valence-electron chi connectivity index (χ3n) is 10.7. The second kappa shape index (κ2) is 32.6. The van der Waals surface area contributed by atoms with Gasteiger partial charge in [0.2, 0.25) is 0 Å². The Bertz CT molecular complexity index is 1320. The van der Waals surface area contributed by atoms with E-state index < -0.39 is 44.7 Å². The molecule has 1 aromatic heterocycles. The topological polar surface area (TPSA) is 165 Å². The van der Waals surface area contributed by atoms with Crippen molar-refractivity contribution in [2.75, 3.05) is 47.5 Å². The summed E-state index contributed by atoms with van der Waals surface area (Å²) in [4.78, 5) is 37.7. The van der Waals surface area contributed by atoms with E-state index in [0.717, 1.165) is 101 Å². The van der Waals surface area contributed by atoms with E-state index in [2.05, 4.69) is 33.8 Å². The Morgan fingerprint density at radius 1 is 0.712 bits per heavy atom. The van der Waals surface area contributed by atoms with Gasteiger partial charge in [-0.3, -0.25) is 14.2 Å². The molecule has 59 heavy (non-hydrogen) atoms. The number of ether oxygens (including phenoxy) is 2. The van der Waals surface area contributed by atoms with Crippen LogP contribution >= 0.6 is 7.82 Å². The number of aliphatic hydroxyl groups is 2. The molecule has 0 aromatic carbocycles. The van der Waals surface area contributed by atoms with Gasteiger partial charge in [0.1, 0.15) is 31.3 Å². The molecule has 0 spiro atoms. The first-order valence-electron chi connectivity index (χ1n) is 22.9. The molecular formula is C46H84NO11P. The van der Waals surface area contributed by atoms with Crippen LogP contribution in [0.25, 0.3) is 0 Å². The molecule has 0 radical (unpaired) electrons. The molecule has 1 aromatic rings. The van der Waals surface area contributed by atoms with Gasteiger partial charge < -0.3 is 42.5 Å². The third-order valence-corrected chi connectivity index (χ3v) is 11.6. The van der Waals surface area contributed by atoms with Crippen molar-refractivity contribution in [2.45, 2.75) is 200 Å². The van der Waals surface area contributed by atoms with Crippen LogP contribution < -0.4 is 4.89 Å². The number of phosphoric acid groups is 1. The number of esters is 2. The van der Waals surface area contributed by atoms with Crippen molar-refractivity contribution in [3.05, 3.63) is 34.8 Å². The summed E-state index contributed by atoms with van der Waals surface area (Å²) in [7, 11) is 1.05. The maximum atomic E-state index is 12.7. The number of carbonyl (C=O) groups is 2. The number of rotatable bonds is 38. The molecule has 0 amide bonds. The summed E-state index contributed by atoms with van der Waals surface area (Å²) >= 11 is 0. The van der Waals surface area contributed by atoms with Crippen LogP contribution in [0.2, 0.25) is 0 Å². The van der Waals surface area contributed by atoms with Gasteiger partial charge in [0.05, 0.1) is 40.0 Å². The van der Waals surface area contributed by atoms with E-state index >= 15 is 0 Å². The van der Waals surface area contributed by atoms with Gasteiger partial charge in [-0.15, -0.1) is 0 Å². The second-order valence-corrected chi connectivity index (χ2v) is 18.7.